The molecule has 30 heavy (non-hydrogen) atoms. The molecule has 1 heterocycles. The third-order valence-electron chi connectivity index (χ3n) is 3.77. The van der Waals surface area contributed by atoms with Crippen molar-refractivity contribution in [3.05, 3.63) is 69.6 Å². The average molecular weight is 414 g/mol. The minimum atomic E-state index is -0.709. The summed E-state index contributed by atoms with van der Waals surface area (Å²) in [6, 6.07) is 12.1. The van der Waals surface area contributed by atoms with Gasteiger partial charge in [0.2, 0.25) is 11.5 Å². The number of hydrogen-bond acceptors (Lipinski definition) is 6. The molecule has 162 valence electrons. The number of nitrogens with one attached hydrogen (secondary N) is 3. The molecule has 0 bridgehead atoms. The summed E-state index contributed by atoms with van der Waals surface area (Å²) < 4.78 is 10.6. The molecule has 7 nitrogen and oxygen atoms in total. The summed E-state index contributed by atoms with van der Waals surface area (Å²) in [5.41, 5.74) is -0.194. The van der Waals surface area contributed by atoms with Crippen molar-refractivity contribution in [2.24, 2.45) is 5.92 Å². The molecule has 2 rings (SSSR count). The summed E-state index contributed by atoms with van der Waals surface area (Å²) in [6.07, 6.45) is 0.585. The normalized spacial score (nSPS) is 11.5. The van der Waals surface area contributed by atoms with Crippen molar-refractivity contribution in [2.75, 3.05) is 0 Å². The zero-order valence-corrected chi connectivity index (χ0v) is 18.5. The van der Waals surface area contributed by atoms with E-state index in [1.54, 1.807) is 20.8 Å². The van der Waals surface area contributed by atoms with Gasteiger partial charge in [0.15, 0.2) is 5.90 Å². The predicted octanol–water partition coefficient (Wildman–Crippen LogP) is 4.55. The minimum Gasteiger partial charge on any atom is -0.456 e. The molecule has 0 spiro atoms. The molecule has 2 aromatic rings. The van der Waals surface area contributed by atoms with Crippen molar-refractivity contribution in [1.82, 2.24) is 4.98 Å². The van der Waals surface area contributed by atoms with Crippen molar-refractivity contribution >= 4 is 17.8 Å². The number of carbonyl (C=O) groups excluding carboxylic acids is 1. The molecule has 0 aliphatic rings. The maximum absolute atomic E-state index is 12.2. The summed E-state index contributed by atoms with van der Waals surface area (Å²) in [5, 5.41) is 16.1. The van der Waals surface area contributed by atoms with Crippen LogP contribution in [0.2, 0.25) is 0 Å². The van der Waals surface area contributed by atoms with Crippen LogP contribution < -0.4 is 5.56 Å². The molecule has 0 radical (unpaired) electrons. The molecule has 7 heteroatoms. The Hall–Kier alpha value is -3.22. The van der Waals surface area contributed by atoms with E-state index < -0.39 is 23.0 Å². The lowest BCUT2D eigenvalue weighted by molar-refractivity contribution is 0.00692. The van der Waals surface area contributed by atoms with Crippen LogP contribution in [0.4, 0.5) is 0 Å². The molecule has 0 saturated carbocycles. The van der Waals surface area contributed by atoms with Gasteiger partial charge in [0.25, 0.3) is 0 Å². The van der Waals surface area contributed by atoms with Gasteiger partial charge in [-0.25, -0.2) is 4.79 Å². The number of esters is 1. The van der Waals surface area contributed by atoms with Crippen LogP contribution in [0.25, 0.3) is 0 Å². The molecule has 0 aliphatic heterocycles. The highest BCUT2D eigenvalue weighted by atomic mass is 16.6. The van der Waals surface area contributed by atoms with Crippen LogP contribution in [-0.2, 0) is 15.9 Å². The number of aromatic nitrogens is 1. The third-order valence-corrected chi connectivity index (χ3v) is 3.77. The van der Waals surface area contributed by atoms with Gasteiger partial charge in [-0.05, 0) is 38.8 Å². The molecule has 0 aliphatic carbocycles. The van der Waals surface area contributed by atoms with Gasteiger partial charge < -0.3 is 14.5 Å². The Morgan fingerprint density at radius 2 is 1.70 bits per heavy atom. The first-order chi connectivity index (χ1) is 14.0. The van der Waals surface area contributed by atoms with Gasteiger partial charge in [-0.15, -0.1) is 0 Å². The van der Waals surface area contributed by atoms with Crippen LogP contribution in [0, 0.1) is 16.7 Å². The molecule has 1 atom stereocenters. The standard InChI is InChI=1S/C21H25N3O4.C2H6/c1-13(10-14-8-6-5-7-9-14)18(22)27-19(23)16-11-15(12-17(25)24-16)20(26)28-21(2,3)4;1-2/h5-9,11-13,22-23H,10H2,1-4H3,(H,24,25);1-2H3. The summed E-state index contributed by atoms with van der Waals surface area (Å²) in [4.78, 5) is 26.5. The largest absolute Gasteiger partial charge is 0.456 e. The smallest absolute Gasteiger partial charge is 0.338 e. The molecule has 1 aromatic carbocycles. The lowest BCUT2D eigenvalue weighted by Gasteiger charge is -2.19. The van der Waals surface area contributed by atoms with Crippen molar-refractivity contribution in [3.63, 3.8) is 0 Å². The zero-order chi connectivity index (χ0) is 22.9. The van der Waals surface area contributed by atoms with Gasteiger partial charge in [0.1, 0.15) is 11.3 Å². The first kappa shape index (κ1) is 24.8. The van der Waals surface area contributed by atoms with E-state index in [1.165, 1.54) is 6.07 Å². The Labute approximate surface area is 177 Å². The van der Waals surface area contributed by atoms with E-state index >= 15 is 0 Å². The Kier molecular flexibility index (Phi) is 9.17. The second-order valence-electron chi connectivity index (χ2n) is 7.54. The summed E-state index contributed by atoms with van der Waals surface area (Å²) >= 11 is 0. The van der Waals surface area contributed by atoms with Gasteiger partial charge in [-0.2, -0.15) is 0 Å². The van der Waals surface area contributed by atoms with E-state index in [0.29, 0.717) is 6.42 Å². The number of aromatic amines is 1. The number of hydrogen-bond donors (Lipinski definition) is 3. The number of rotatable bonds is 5. The average Bonchev–Trinajstić information content (AvgIpc) is 2.68. The Balaban J connectivity index is 0.00000218. The van der Waals surface area contributed by atoms with Crippen LogP contribution in [0.15, 0.2) is 47.3 Å². The highest BCUT2D eigenvalue weighted by molar-refractivity contribution is 6.00. The van der Waals surface area contributed by atoms with Crippen LogP contribution >= 0.6 is 0 Å². The molecule has 1 aromatic heterocycles. The van der Waals surface area contributed by atoms with E-state index in [0.717, 1.165) is 11.6 Å². The topological polar surface area (TPSA) is 116 Å². The number of ether oxygens (including phenoxy) is 2. The lowest BCUT2D eigenvalue weighted by Crippen LogP contribution is -2.26. The molecule has 0 fully saturated rings. The van der Waals surface area contributed by atoms with Gasteiger partial charge >= 0.3 is 5.97 Å². The van der Waals surface area contributed by atoms with Crippen molar-refractivity contribution in [3.8, 4) is 0 Å². The van der Waals surface area contributed by atoms with Gasteiger partial charge in [-0.1, -0.05) is 51.1 Å². The van der Waals surface area contributed by atoms with Crippen LogP contribution in [-0.4, -0.2) is 28.3 Å². The molecule has 0 amide bonds. The first-order valence-corrected chi connectivity index (χ1v) is 9.92. The second-order valence-corrected chi connectivity index (χ2v) is 7.54. The van der Waals surface area contributed by atoms with E-state index in [-0.39, 0.29) is 23.1 Å². The molecule has 3 N–H and O–H groups in total. The van der Waals surface area contributed by atoms with E-state index in [2.05, 4.69) is 4.98 Å². The van der Waals surface area contributed by atoms with Crippen molar-refractivity contribution in [2.45, 2.75) is 53.6 Å². The Morgan fingerprint density at radius 3 is 2.27 bits per heavy atom. The van der Waals surface area contributed by atoms with E-state index in [9.17, 15) is 9.59 Å². The maximum atomic E-state index is 12.2. The number of H-pyrrole nitrogens is 1. The fraction of sp³-hybridized carbons (Fsp3) is 0.391. The fourth-order valence-electron chi connectivity index (χ4n) is 2.45. The highest BCUT2D eigenvalue weighted by Crippen LogP contribution is 2.13. The van der Waals surface area contributed by atoms with Crippen LogP contribution in [0.5, 0.6) is 0 Å². The molecule has 1 unspecified atom stereocenters. The minimum absolute atomic E-state index is 0.00465. The molecular formula is C23H31N3O4. The summed E-state index contributed by atoms with van der Waals surface area (Å²) in [5.74, 6) is -1.44. The first-order valence-electron chi connectivity index (χ1n) is 9.92. The predicted molar refractivity (Wildman–Crippen MR) is 119 cm³/mol. The SMILES string of the molecule is CC.CC(Cc1ccccc1)C(=N)OC(=N)c1cc(C(=O)OC(C)(C)C)cc(=O)[nH]1. The van der Waals surface area contributed by atoms with Crippen molar-refractivity contribution in [1.29, 1.82) is 10.8 Å². The number of benzene rings is 1. The number of carbonyl (C=O) groups is 1. The van der Waals surface area contributed by atoms with Crippen LogP contribution in [0.3, 0.4) is 0 Å². The van der Waals surface area contributed by atoms with Gasteiger partial charge in [0, 0.05) is 12.0 Å². The van der Waals surface area contributed by atoms with Gasteiger partial charge in [-0.3, -0.25) is 15.6 Å². The summed E-state index contributed by atoms with van der Waals surface area (Å²) in [7, 11) is 0. The number of pyridine rings is 1. The Morgan fingerprint density at radius 1 is 1.10 bits per heavy atom. The maximum Gasteiger partial charge on any atom is 0.338 e. The summed E-state index contributed by atoms with van der Waals surface area (Å²) in [6.45, 7) is 11.0. The van der Waals surface area contributed by atoms with E-state index in [4.69, 9.17) is 20.3 Å². The second kappa shape index (κ2) is 11.1. The third kappa shape index (κ3) is 8.03. The lowest BCUT2D eigenvalue weighted by atomic mass is 10.0. The quantitative estimate of drug-likeness (QED) is 0.379. The molecular weight excluding hydrogens is 382 g/mol. The van der Waals surface area contributed by atoms with Crippen molar-refractivity contribution < 1.29 is 14.3 Å². The highest BCUT2D eigenvalue weighted by Gasteiger charge is 2.21. The van der Waals surface area contributed by atoms with Crippen LogP contribution in [0.1, 0.15) is 63.2 Å². The van der Waals surface area contributed by atoms with E-state index in [1.807, 2.05) is 51.1 Å². The molecule has 0 saturated heterocycles. The zero-order valence-electron chi connectivity index (χ0n) is 18.5. The fourth-order valence-corrected chi connectivity index (χ4v) is 2.45. The van der Waals surface area contributed by atoms with Gasteiger partial charge in [0.05, 0.1) is 5.56 Å². The monoisotopic (exact) mass is 413 g/mol. The Bertz CT molecular complexity index is 927.